The summed E-state index contributed by atoms with van der Waals surface area (Å²) in [5.41, 5.74) is 4.57. The van der Waals surface area contributed by atoms with E-state index in [1.54, 1.807) is 17.5 Å². The number of nitrogens with one attached hydrogen (secondary N) is 2. The molecule has 7 nitrogen and oxygen atoms in total. The summed E-state index contributed by atoms with van der Waals surface area (Å²) in [4.78, 5) is 17.0. The number of hydrogen-bond acceptors (Lipinski definition) is 7. The molecule has 1 aliphatic heterocycles. The van der Waals surface area contributed by atoms with E-state index >= 15 is 0 Å². The van der Waals surface area contributed by atoms with Gasteiger partial charge >= 0.3 is 0 Å². The summed E-state index contributed by atoms with van der Waals surface area (Å²) < 4.78 is 11.6. The first-order chi connectivity index (χ1) is 19.6. The molecule has 3 N–H and O–H groups in total. The molecule has 0 unspecified atom stereocenters. The lowest BCUT2D eigenvalue weighted by molar-refractivity contribution is -0.126. The van der Waals surface area contributed by atoms with Crippen LogP contribution in [0.25, 0.3) is 10.6 Å². The van der Waals surface area contributed by atoms with Crippen LogP contribution in [0.2, 0.25) is 0 Å². The number of hydrogen-bond donors (Lipinski definition) is 3. The fourth-order valence-corrected chi connectivity index (χ4v) is 6.66. The molecule has 3 aromatic rings. The number of aliphatic hydroxyl groups excluding tert-OH is 1. The third-order valence-corrected chi connectivity index (χ3v) is 8.90. The molecule has 2 heterocycles. The van der Waals surface area contributed by atoms with Gasteiger partial charge in [-0.2, -0.15) is 0 Å². The summed E-state index contributed by atoms with van der Waals surface area (Å²) in [6.45, 7) is 7.05. The predicted octanol–water partition coefficient (Wildman–Crippen LogP) is 5.47. The number of thiazole rings is 1. The molecule has 1 spiro atoms. The Morgan fingerprint density at radius 1 is 1.22 bits per heavy atom. The summed E-state index contributed by atoms with van der Waals surface area (Å²) in [6.07, 6.45) is 6.63. The van der Waals surface area contributed by atoms with E-state index in [1.807, 2.05) is 23.6 Å². The highest BCUT2D eigenvalue weighted by Crippen LogP contribution is 2.49. The van der Waals surface area contributed by atoms with Crippen molar-refractivity contribution in [3.8, 4) is 16.3 Å². The van der Waals surface area contributed by atoms with Crippen LogP contribution in [0.15, 0.2) is 54.0 Å². The summed E-state index contributed by atoms with van der Waals surface area (Å²) in [7, 11) is 1.50. The standard InChI is InChI=1S/C33H43N3O4S/c1-32(2,3)18-23-9-10-29-25(16-23)27(19-33(40-29)11-6-12-33)35-20-28(37)26(36-30(38)21-39-4)17-22-7-5-8-24(15-22)31-34-13-14-41-31/h5,7-10,13-16,26-28,35,37H,6,11-12,17-21H2,1-4H3,(H,36,38)/t26-,27+,28-/m1/s1. The molecule has 0 bridgehead atoms. The minimum atomic E-state index is -0.805. The van der Waals surface area contributed by atoms with Crippen molar-refractivity contribution in [3.05, 3.63) is 70.7 Å². The smallest absolute Gasteiger partial charge is 0.246 e. The van der Waals surface area contributed by atoms with Crippen LogP contribution in [0.5, 0.6) is 5.75 Å². The minimum Gasteiger partial charge on any atom is -0.487 e. The van der Waals surface area contributed by atoms with Crippen LogP contribution in [-0.4, -0.2) is 54.0 Å². The number of carbonyl (C=O) groups is 1. The topological polar surface area (TPSA) is 92.7 Å². The maximum Gasteiger partial charge on any atom is 0.246 e. The highest BCUT2D eigenvalue weighted by molar-refractivity contribution is 7.13. The molecule has 220 valence electrons. The number of rotatable bonds is 11. The Labute approximate surface area is 247 Å². The number of benzene rings is 2. The van der Waals surface area contributed by atoms with Crippen LogP contribution in [0.4, 0.5) is 0 Å². The van der Waals surface area contributed by atoms with Crippen molar-refractivity contribution in [2.24, 2.45) is 5.41 Å². The van der Waals surface area contributed by atoms with Crippen molar-refractivity contribution in [2.75, 3.05) is 20.3 Å². The molecule has 5 rings (SSSR count). The number of aliphatic hydroxyl groups is 1. The average molecular weight is 578 g/mol. The number of carbonyl (C=O) groups excluding carboxylic acids is 1. The molecule has 3 atom stereocenters. The summed E-state index contributed by atoms with van der Waals surface area (Å²) in [6, 6.07) is 14.3. The number of ether oxygens (including phenoxy) is 2. The Bertz CT molecular complexity index is 1320. The summed E-state index contributed by atoms with van der Waals surface area (Å²) in [5.74, 6) is 0.703. The predicted molar refractivity (Wildman–Crippen MR) is 163 cm³/mol. The molecule has 1 aromatic heterocycles. The Hall–Kier alpha value is -2.78. The molecule has 1 saturated carbocycles. The van der Waals surface area contributed by atoms with Gasteiger partial charge in [0.25, 0.3) is 0 Å². The Morgan fingerprint density at radius 2 is 2.05 bits per heavy atom. The number of aromatic nitrogens is 1. The highest BCUT2D eigenvalue weighted by atomic mass is 32.1. The van der Waals surface area contributed by atoms with Crippen molar-refractivity contribution >= 4 is 17.2 Å². The largest absolute Gasteiger partial charge is 0.487 e. The van der Waals surface area contributed by atoms with Crippen molar-refractivity contribution in [1.29, 1.82) is 0 Å². The molecule has 1 fully saturated rings. The lowest BCUT2D eigenvalue weighted by Gasteiger charge is -2.48. The molecule has 8 heteroatoms. The van der Waals surface area contributed by atoms with E-state index in [2.05, 4.69) is 60.7 Å². The summed E-state index contributed by atoms with van der Waals surface area (Å²) in [5, 5.41) is 21.1. The molecule has 1 aliphatic carbocycles. The molecule has 41 heavy (non-hydrogen) atoms. The monoisotopic (exact) mass is 577 g/mol. The lowest BCUT2D eigenvalue weighted by atomic mass is 9.72. The van der Waals surface area contributed by atoms with Gasteiger partial charge in [0.15, 0.2) is 0 Å². The average Bonchev–Trinajstić information content (AvgIpc) is 3.45. The number of fused-ring (bicyclic) bond motifs is 1. The molecule has 0 radical (unpaired) electrons. The third-order valence-electron chi connectivity index (χ3n) is 8.07. The lowest BCUT2D eigenvalue weighted by Crippen LogP contribution is -2.52. The summed E-state index contributed by atoms with van der Waals surface area (Å²) >= 11 is 1.59. The first-order valence-corrected chi connectivity index (χ1v) is 15.5. The first-order valence-electron chi connectivity index (χ1n) is 14.6. The molecular formula is C33H43N3O4S. The van der Waals surface area contributed by atoms with Gasteiger partial charge in [0, 0.05) is 48.8 Å². The minimum absolute atomic E-state index is 0.0534. The van der Waals surface area contributed by atoms with Crippen molar-refractivity contribution < 1.29 is 19.4 Å². The van der Waals surface area contributed by atoms with Gasteiger partial charge in [-0.05, 0) is 60.8 Å². The van der Waals surface area contributed by atoms with E-state index in [0.29, 0.717) is 13.0 Å². The van der Waals surface area contributed by atoms with Crippen molar-refractivity contribution in [2.45, 2.75) is 83.1 Å². The van der Waals surface area contributed by atoms with Crippen LogP contribution in [0.1, 0.15) is 69.2 Å². The molecular weight excluding hydrogens is 534 g/mol. The zero-order valence-corrected chi connectivity index (χ0v) is 25.4. The van der Waals surface area contributed by atoms with E-state index in [1.165, 1.54) is 19.1 Å². The SMILES string of the molecule is COCC(=O)N[C@H](Cc1cccc(-c2nccs2)c1)[C@H](O)CN[C@H]1CC2(CCC2)Oc2ccc(CC(C)(C)C)cc21. The van der Waals surface area contributed by atoms with Gasteiger partial charge in [-0.15, -0.1) is 11.3 Å². The van der Waals surface area contributed by atoms with E-state index in [-0.39, 0.29) is 29.6 Å². The Morgan fingerprint density at radius 3 is 2.73 bits per heavy atom. The maximum atomic E-state index is 12.6. The van der Waals surface area contributed by atoms with Crippen LogP contribution in [-0.2, 0) is 22.4 Å². The molecule has 0 saturated heterocycles. The zero-order valence-electron chi connectivity index (χ0n) is 24.6. The van der Waals surface area contributed by atoms with Gasteiger partial charge in [0.1, 0.15) is 23.0 Å². The fourth-order valence-electron chi connectivity index (χ4n) is 6.02. The van der Waals surface area contributed by atoms with Crippen molar-refractivity contribution in [3.63, 3.8) is 0 Å². The Balaban J connectivity index is 1.33. The van der Waals surface area contributed by atoms with E-state index in [4.69, 9.17) is 9.47 Å². The molecule has 2 aliphatic rings. The van der Waals surface area contributed by atoms with Gasteiger partial charge in [-0.3, -0.25) is 4.79 Å². The van der Waals surface area contributed by atoms with Gasteiger partial charge < -0.3 is 25.2 Å². The first kappa shape index (κ1) is 29.7. The van der Waals surface area contributed by atoms with Gasteiger partial charge in [0.05, 0.1) is 12.1 Å². The van der Waals surface area contributed by atoms with Gasteiger partial charge in [-0.25, -0.2) is 4.98 Å². The molecule has 2 aromatic carbocycles. The number of nitrogens with zero attached hydrogens (tertiary/aromatic N) is 1. The zero-order chi connectivity index (χ0) is 29.0. The number of amides is 1. The Kier molecular flexibility index (Phi) is 9.14. The maximum absolute atomic E-state index is 12.6. The van der Waals surface area contributed by atoms with Crippen LogP contribution >= 0.6 is 11.3 Å². The van der Waals surface area contributed by atoms with E-state index in [9.17, 15) is 9.90 Å². The van der Waals surface area contributed by atoms with Crippen molar-refractivity contribution in [1.82, 2.24) is 15.6 Å². The van der Waals surface area contributed by atoms with Gasteiger partial charge in [0.2, 0.25) is 5.91 Å². The normalized spacial score (nSPS) is 19.1. The van der Waals surface area contributed by atoms with Crippen LogP contribution < -0.4 is 15.4 Å². The van der Waals surface area contributed by atoms with Crippen LogP contribution in [0.3, 0.4) is 0 Å². The van der Waals surface area contributed by atoms with E-state index < -0.39 is 12.1 Å². The second-order valence-corrected chi connectivity index (χ2v) is 13.7. The van der Waals surface area contributed by atoms with Crippen LogP contribution in [0, 0.1) is 5.41 Å². The number of methoxy groups -OCH3 is 1. The highest BCUT2D eigenvalue weighted by Gasteiger charge is 2.45. The van der Waals surface area contributed by atoms with Gasteiger partial charge in [-0.1, -0.05) is 51.1 Å². The third kappa shape index (κ3) is 7.55. The fraction of sp³-hybridized carbons (Fsp3) is 0.515. The second kappa shape index (κ2) is 12.6. The molecule has 1 amide bonds. The quantitative estimate of drug-likeness (QED) is 0.280. The second-order valence-electron chi connectivity index (χ2n) is 12.8. The van der Waals surface area contributed by atoms with E-state index in [0.717, 1.165) is 53.1 Å².